The van der Waals surface area contributed by atoms with Gasteiger partial charge in [0, 0.05) is 24.1 Å². The molecule has 1 fully saturated rings. The zero-order chi connectivity index (χ0) is 26.6. The predicted molar refractivity (Wildman–Crippen MR) is 132 cm³/mol. The fourth-order valence-electron chi connectivity index (χ4n) is 4.04. The van der Waals surface area contributed by atoms with Crippen LogP contribution in [0.2, 0.25) is 0 Å². The molecule has 200 valence electrons. The van der Waals surface area contributed by atoms with Gasteiger partial charge in [0.05, 0.1) is 6.61 Å². The zero-order valence-electron chi connectivity index (χ0n) is 21.0. The minimum absolute atomic E-state index is 0.0386. The summed E-state index contributed by atoms with van der Waals surface area (Å²) in [7, 11) is 0. The third-order valence-electron chi connectivity index (χ3n) is 6.11. The maximum absolute atomic E-state index is 10.4. The van der Waals surface area contributed by atoms with Crippen LogP contribution in [0.15, 0.2) is 23.2 Å². The molecule has 0 amide bonds. The van der Waals surface area contributed by atoms with E-state index in [0.29, 0.717) is 18.6 Å². The number of ether oxygens (including phenoxy) is 3. The average Bonchev–Trinajstić information content (AvgIpc) is 3.22. The molecule has 1 aromatic heterocycles. The summed E-state index contributed by atoms with van der Waals surface area (Å²) in [6, 6.07) is 5.66. The summed E-state index contributed by atoms with van der Waals surface area (Å²) in [6.07, 6.45) is -6.41. The quantitative estimate of drug-likeness (QED) is 0.169. The van der Waals surface area contributed by atoms with Crippen molar-refractivity contribution in [3.05, 3.63) is 40.6 Å². The molecule has 1 aliphatic rings. The van der Waals surface area contributed by atoms with Crippen molar-refractivity contribution >= 4 is 5.96 Å². The summed E-state index contributed by atoms with van der Waals surface area (Å²) < 4.78 is 17.2. The van der Waals surface area contributed by atoms with Crippen molar-refractivity contribution in [2.24, 2.45) is 16.5 Å². The second-order valence-electron chi connectivity index (χ2n) is 9.19. The molecular weight excluding hydrogens is 470 g/mol. The van der Waals surface area contributed by atoms with Crippen molar-refractivity contribution in [3.63, 3.8) is 0 Å². The lowest BCUT2D eigenvalue weighted by molar-refractivity contribution is -0.278. The summed E-state index contributed by atoms with van der Waals surface area (Å²) in [5.74, 6) is 0.875. The van der Waals surface area contributed by atoms with Gasteiger partial charge in [-0.25, -0.2) is 4.99 Å². The molecule has 2 heterocycles. The molecule has 12 nitrogen and oxygen atoms in total. The molecule has 1 aliphatic heterocycles. The first kappa shape index (κ1) is 27.7. The van der Waals surface area contributed by atoms with Crippen LogP contribution in [0, 0.1) is 6.92 Å². The molecule has 0 aliphatic carbocycles. The fraction of sp³-hybridized carbons (Fsp3) is 0.583. The second kappa shape index (κ2) is 11.9. The van der Waals surface area contributed by atoms with E-state index in [2.05, 4.69) is 15.2 Å². The molecule has 0 bridgehead atoms. The number of aliphatic imine (C=N–C) groups is 1. The highest BCUT2D eigenvalue weighted by atomic mass is 16.7. The maximum Gasteiger partial charge on any atom is 0.238 e. The van der Waals surface area contributed by atoms with Crippen molar-refractivity contribution in [1.82, 2.24) is 10.2 Å². The normalized spacial score (nSPS) is 25.0. The van der Waals surface area contributed by atoms with Crippen LogP contribution in [0.4, 0.5) is 0 Å². The third kappa shape index (κ3) is 6.26. The number of aliphatic hydroxyl groups is 4. The Balaban J connectivity index is 1.84. The second-order valence-corrected chi connectivity index (χ2v) is 9.19. The van der Waals surface area contributed by atoms with E-state index in [4.69, 9.17) is 25.7 Å². The van der Waals surface area contributed by atoms with Crippen molar-refractivity contribution in [2.75, 3.05) is 6.61 Å². The molecule has 0 radical (unpaired) electrons. The van der Waals surface area contributed by atoms with Gasteiger partial charge >= 0.3 is 0 Å². The first-order valence-corrected chi connectivity index (χ1v) is 11.9. The lowest BCUT2D eigenvalue weighted by Crippen LogP contribution is -2.60. The van der Waals surface area contributed by atoms with E-state index in [1.807, 2.05) is 45.9 Å². The lowest BCUT2D eigenvalue weighted by Gasteiger charge is -2.39. The van der Waals surface area contributed by atoms with E-state index >= 15 is 0 Å². The van der Waals surface area contributed by atoms with Crippen molar-refractivity contribution in [2.45, 2.75) is 83.4 Å². The topological polar surface area (TPSA) is 202 Å². The Morgan fingerprint density at radius 2 is 1.92 bits per heavy atom. The molecule has 1 aromatic carbocycles. The van der Waals surface area contributed by atoms with Gasteiger partial charge in [0.25, 0.3) is 0 Å². The van der Waals surface area contributed by atoms with Crippen LogP contribution < -0.4 is 20.9 Å². The Hall–Kier alpha value is -2.90. The lowest BCUT2D eigenvalue weighted by atomic mass is 9.96. The number of H-pyrrole nitrogens is 1. The molecule has 36 heavy (non-hydrogen) atoms. The van der Waals surface area contributed by atoms with E-state index in [9.17, 15) is 20.4 Å². The van der Waals surface area contributed by atoms with Gasteiger partial charge in [0.2, 0.25) is 12.2 Å². The van der Waals surface area contributed by atoms with E-state index < -0.39 is 43.5 Å². The number of aryl methyl sites for hydroxylation is 1. The van der Waals surface area contributed by atoms with E-state index in [1.165, 1.54) is 0 Å². The first-order chi connectivity index (χ1) is 17.0. The largest absolute Gasteiger partial charge is 0.469 e. The Morgan fingerprint density at radius 3 is 2.50 bits per heavy atom. The van der Waals surface area contributed by atoms with Crippen LogP contribution in [-0.4, -0.2) is 80.1 Å². The van der Waals surface area contributed by atoms with Crippen LogP contribution in [-0.2, 0) is 11.2 Å². The van der Waals surface area contributed by atoms with Gasteiger partial charge in [-0.15, -0.1) is 5.10 Å². The van der Waals surface area contributed by atoms with Gasteiger partial charge in [-0.05, 0) is 36.1 Å². The highest BCUT2D eigenvalue weighted by Crippen LogP contribution is 2.32. The van der Waals surface area contributed by atoms with Crippen LogP contribution in [0.5, 0.6) is 11.6 Å². The number of rotatable bonds is 10. The number of aromatic nitrogens is 2. The van der Waals surface area contributed by atoms with Gasteiger partial charge < -0.3 is 46.1 Å². The van der Waals surface area contributed by atoms with Gasteiger partial charge in [-0.1, -0.05) is 26.8 Å². The van der Waals surface area contributed by atoms with Gasteiger partial charge in [0.1, 0.15) is 30.2 Å². The number of nitrogens with two attached hydrogens (primary N) is 2. The minimum Gasteiger partial charge on any atom is -0.469 e. The van der Waals surface area contributed by atoms with E-state index in [1.54, 1.807) is 0 Å². The number of aliphatic hydroxyl groups excluding tert-OH is 4. The molecule has 6 atom stereocenters. The first-order valence-electron chi connectivity index (χ1n) is 11.9. The summed E-state index contributed by atoms with van der Waals surface area (Å²) in [4.78, 5) is 4.07. The summed E-state index contributed by atoms with van der Waals surface area (Å²) in [6.45, 7) is 7.34. The standard InChI is InChI=1S/C24H37N5O7/c1-5-17(27-24(25)26)34-14-7-6-13(12(4)8-14)9-15-18(11(2)3)28-29-22(15)36-23-21(33)20(32)19(31)16(10-30)35-23/h6-8,11,16-17,19-21,23,30-33H,5,9-10H2,1-4H3,(H,28,29)(H4,25,26,27)/t16-,17?,19-,20+,21-,23+/m1/s1. The van der Waals surface area contributed by atoms with Gasteiger partial charge in [-0.3, -0.25) is 5.10 Å². The molecule has 1 saturated heterocycles. The third-order valence-corrected chi connectivity index (χ3v) is 6.11. The molecule has 12 heteroatoms. The minimum atomic E-state index is -1.55. The summed E-state index contributed by atoms with van der Waals surface area (Å²) in [5, 5.41) is 47.2. The number of hydrogen-bond acceptors (Lipinski definition) is 9. The molecule has 1 unspecified atom stereocenters. The van der Waals surface area contributed by atoms with Gasteiger partial charge in [-0.2, -0.15) is 0 Å². The monoisotopic (exact) mass is 507 g/mol. The predicted octanol–water partition coefficient (Wildman–Crippen LogP) is -0.000680. The number of benzene rings is 1. The molecule has 3 rings (SSSR count). The fourth-order valence-corrected chi connectivity index (χ4v) is 4.04. The van der Waals surface area contributed by atoms with Crippen LogP contribution in [0.3, 0.4) is 0 Å². The van der Waals surface area contributed by atoms with Crippen molar-refractivity contribution in [3.8, 4) is 11.6 Å². The SMILES string of the molecule is CCC(N=C(N)N)Oc1ccc(Cc2c(O[C@@H]3O[C@H](CO)[C@@H](O)[C@H](O)[C@H]3O)n[nH]c2C(C)C)c(C)c1. The van der Waals surface area contributed by atoms with Crippen LogP contribution >= 0.6 is 0 Å². The summed E-state index contributed by atoms with van der Waals surface area (Å²) in [5.41, 5.74) is 14.5. The van der Waals surface area contributed by atoms with Gasteiger partial charge in [0.15, 0.2) is 12.2 Å². The Labute approximate surface area is 209 Å². The highest BCUT2D eigenvalue weighted by molar-refractivity contribution is 5.75. The Morgan fingerprint density at radius 1 is 1.19 bits per heavy atom. The molecule has 2 aromatic rings. The average molecular weight is 508 g/mol. The number of hydrogen-bond donors (Lipinski definition) is 7. The molecule has 0 saturated carbocycles. The number of nitrogens with zero attached hydrogens (tertiary/aromatic N) is 2. The van der Waals surface area contributed by atoms with Crippen LogP contribution in [0.1, 0.15) is 55.5 Å². The molecular formula is C24H37N5O7. The summed E-state index contributed by atoms with van der Waals surface area (Å²) >= 11 is 0. The van der Waals surface area contributed by atoms with Crippen molar-refractivity contribution in [1.29, 1.82) is 0 Å². The number of guanidine groups is 1. The highest BCUT2D eigenvalue weighted by Gasteiger charge is 2.45. The van der Waals surface area contributed by atoms with Crippen molar-refractivity contribution < 1.29 is 34.6 Å². The van der Waals surface area contributed by atoms with E-state index in [-0.39, 0.29) is 17.8 Å². The molecule has 0 spiro atoms. The van der Waals surface area contributed by atoms with Crippen LogP contribution in [0.25, 0.3) is 0 Å². The number of nitrogens with one attached hydrogen (secondary N) is 1. The molecule has 9 N–H and O–H groups in total. The smallest absolute Gasteiger partial charge is 0.238 e. The van der Waals surface area contributed by atoms with E-state index in [0.717, 1.165) is 22.4 Å². The zero-order valence-corrected chi connectivity index (χ0v) is 21.0. The Kier molecular flexibility index (Phi) is 9.14. The maximum atomic E-state index is 10.4. The Bertz CT molecular complexity index is 1040. The number of aromatic amines is 1.